The van der Waals surface area contributed by atoms with E-state index in [0.717, 1.165) is 11.4 Å². The number of hydrogen-bond acceptors (Lipinski definition) is 4. The van der Waals surface area contributed by atoms with Crippen LogP contribution in [0, 0.1) is 0 Å². The largest absolute Gasteiger partial charge is 0.266 e. The van der Waals surface area contributed by atoms with E-state index in [2.05, 4.69) is 20.2 Å². The van der Waals surface area contributed by atoms with Gasteiger partial charge in [-0.15, -0.1) is 10.2 Å². The van der Waals surface area contributed by atoms with E-state index >= 15 is 0 Å². The smallest absolute Gasteiger partial charge is 0.180 e. The predicted molar refractivity (Wildman–Crippen MR) is 62.8 cm³/mol. The van der Waals surface area contributed by atoms with Crippen molar-refractivity contribution in [1.82, 2.24) is 24.6 Å². The summed E-state index contributed by atoms with van der Waals surface area (Å²) >= 11 is 6.08. The molecule has 0 aliphatic carbocycles. The van der Waals surface area contributed by atoms with Gasteiger partial charge in [-0.2, -0.15) is 0 Å². The summed E-state index contributed by atoms with van der Waals surface area (Å²) < 4.78 is 1.79. The molecule has 0 radical (unpaired) electrons. The maximum Gasteiger partial charge on any atom is 0.180 e. The van der Waals surface area contributed by atoms with Crippen LogP contribution in [0.15, 0.2) is 36.9 Å². The highest BCUT2D eigenvalue weighted by atomic mass is 35.5. The molecule has 0 unspecified atom stereocenters. The van der Waals surface area contributed by atoms with Crippen molar-refractivity contribution in [3.8, 4) is 0 Å². The lowest BCUT2D eigenvalue weighted by atomic mass is 10.2. The first-order chi connectivity index (χ1) is 8.34. The molecule has 0 spiro atoms. The highest BCUT2D eigenvalue weighted by Gasteiger charge is 2.09. The van der Waals surface area contributed by atoms with Gasteiger partial charge in [-0.05, 0) is 17.7 Å². The lowest BCUT2D eigenvalue weighted by Crippen LogP contribution is -1.98. The maximum absolute atomic E-state index is 6.08. The summed E-state index contributed by atoms with van der Waals surface area (Å²) in [6, 6.07) is 3.88. The average molecular weight is 246 g/mol. The van der Waals surface area contributed by atoms with Gasteiger partial charge < -0.3 is 0 Å². The Hall–Kier alpha value is -2.01. The second-order valence-electron chi connectivity index (χ2n) is 3.57. The molecule has 84 valence electrons. The van der Waals surface area contributed by atoms with Gasteiger partial charge >= 0.3 is 0 Å². The third kappa shape index (κ3) is 1.85. The number of halogens is 1. The minimum Gasteiger partial charge on any atom is -0.266 e. The summed E-state index contributed by atoms with van der Waals surface area (Å²) in [5, 5.41) is 8.66. The molecule has 0 saturated carbocycles. The van der Waals surface area contributed by atoms with E-state index in [9.17, 15) is 0 Å². The van der Waals surface area contributed by atoms with Crippen molar-refractivity contribution >= 4 is 17.2 Å². The van der Waals surface area contributed by atoms with Gasteiger partial charge in [0.05, 0.1) is 12.4 Å². The molecular weight excluding hydrogens is 238 g/mol. The number of rotatable bonds is 2. The van der Waals surface area contributed by atoms with Gasteiger partial charge in [0.15, 0.2) is 5.65 Å². The van der Waals surface area contributed by atoms with Crippen molar-refractivity contribution in [2.24, 2.45) is 0 Å². The third-order valence-electron chi connectivity index (χ3n) is 2.45. The summed E-state index contributed by atoms with van der Waals surface area (Å²) in [6.07, 6.45) is 7.37. The van der Waals surface area contributed by atoms with Crippen LogP contribution >= 0.6 is 11.6 Å². The Morgan fingerprint density at radius 2 is 1.88 bits per heavy atom. The Balaban J connectivity index is 2.07. The number of pyridine rings is 1. The molecule has 3 aromatic heterocycles. The zero-order valence-electron chi connectivity index (χ0n) is 8.79. The predicted octanol–water partition coefficient (Wildman–Crippen LogP) is 1.76. The SMILES string of the molecule is Clc1cncc2nnc(Cc3ccncc3)n12. The molecule has 3 aromatic rings. The van der Waals surface area contributed by atoms with Crippen LogP contribution < -0.4 is 0 Å². The second kappa shape index (κ2) is 4.10. The fourth-order valence-electron chi connectivity index (χ4n) is 1.67. The van der Waals surface area contributed by atoms with Gasteiger partial charge in [-0.3, -0.25) is 14.4 Å². The molecule has 3 rings (SSSR count). The van der Waals surface area contributed by atoms with E-state index < -0.39 is 0 Å². The molecule has 0 aliphatic rings. The Labute approximate surface area is 102 Å². The minimum atomic E-state index is 0.511. The minimum absolute atomic E-state index is 0.511. The lowest BCUT2D eigenvalue weighted by Gasteiger charge is -2.01. The van der Waals surface area contributed by atoms with Crippen LogP contribution in [0.4, 0.5) is 0 Å². The van der Waals surface area contributed by atoms with Crippen molar-refractivity contribution in [3.05, 3.63) is 53.5 Å². The Morgan fingerprint density at radius 3 is 2.71 bits per heavy atom. The van der Waals surface area contributed by atoms with Gasteiger partial charge in [0.25, 0.3) is 0 Å². The van der Waals surface area contributed by atoms with Crippen LogP contribution in [-0.4, -0.2) is 24.6 Å². The fourth-order valence-corrected chi connectivity index (χ4v) is 1.91. The molecule has 3 heterocycles. The zero-order chi connectivity index (χ0) is 11.7. The molecule has 6 heteroatoms. The lowest BCUT2D eigenvalue weighted by molar-refractivity contribution is 0.929. The maximum atomic E-state index is 6.08. The van der Waals surface area contributed by atoms with Crippen LogP contribution in [0.3, 0.4) is 0 Å². The van der Waals surface area contributed by atoms with Crippen LogP contribution in [0.2, 0.25) is 5.15 Å². The van der Waals surface area contributed by atoms with Crippen molar-refractivity contribution in [3.63, 3.8) is 0 Å². The van der Waals surface area contributed by atoms with Gasteiger partial charge in [0.1, 0.15) is 11.0 Å². The summed E-state index contributed by atoms with van der Waals surface area (Å²) in [6.45, 7) is 0. The molecule has 0 saturated heterocycles. The van der Waals surface area contributed by atoms with Crippen molar-refractivity contribution in [1.29, 1.82) is 0 Å². The van der Waals surface area contributed by atoms with E-state index in [1.807, 2.05) is 12.1 Å². The molecule has 0 amide bonds. The van der Waals surface area contributed by atoms with Crippen LogP contribution in [0.5, 0.6) is 0 Å². The molecule has 0 atom stereocenters. The zero-order valence-corrected chi connectivity index (χ0v) is 9.54. The van der Waals surface area contributed by atoms with Gasteiger partial charge in [0, 0.05) is 18.8 Å². The van der Waals surface area contributed by atoms with Crippen molar-refractivity contribution in [2.75, 3.05) is 0 Å². The average Bonchev–Trinajstić information content (AvgIpc) is 2.75. The fraction of sp³-hybridized carbons (Fsp3) is 0.0909. The first-order valence-electron chi connectivity index (χ1n) is 5.07. The Kier molecular flexibility index (Phi) is 2.45. The second-order valence-corrected chi connectivity index (χ2v) is 3.96. The first kappa shape index (κ1) is 10.2. The quantitative estimate of drug-likeness (QED) is 0.690. The number of hydrogen-bond donors (Lipinski definition) is 0. The van der Waals surface area contributed by atoms with Gasteiger partial charge in [-0.25, -0.2) is 0 Å². The molecule has 0 aliphatic heterocycles. The molecule has 17 heavy (non-hydrogen) atoms. The Bertz CT molecular complexity index is 649. The monoisotopic (exact) mass is 245 g/mol. The topological polar surface area (TPSA) is 56.0 Å². The number of fused-ring (bicyclic) bond motifs is 1. The van der Waals surface area contributed by atoms with E-state index in [1.165, 1.54) is 0 Å². The van der Waals surface area contributed by atoms with E-state index in [4.69, 9.17) is 11.6 Å². The molecule has 0 aromatic carbocycles. The highest BCUT2D eigenvalue weighted by molar-refractivity contribution is 6.29. The van der Waals surface area contributed by atoms with Crippen molar-refractivity contribution in [2.45, 2.75) is 6.42 Å². The first-order valence-corrected chi connectivity index (χ1v) is 5.45. The highest BCUT2D eigenvalue weighted by Crippen LogP contribution is 2.14. The van der Waals surface area contributed by atoms with Crippen LogP contribution in [0.25, 0.3) is 5.65 Å². The summed E-state index contributed by atoms with van der Waals surface area (Å²) in [7, 11) is 0. The molecule has 5 nitrogen and oxygen atoms in total. The number of nitrogens with zero attached hydrogens (tertiary/aromatic N) is 5. The molecule has 0 fully saturated rings. The standard InChI is InChI=1S/C11H8ClN5/c12-9-6-14-7-11-16-15-10(17(9)11)5-8-1-3-13-4-2-8/h1-4,6-7H,5H2. The van der Waals surface area contributed by atoms with Crippen LogP contribution in [-0.2, 0) is 6.42 Å². The Morgan fingerprint density at radius 1 is 1.06 bits per heavy atom. The molecular formula is C11H8ClN5. The third-order valence-corrected chi connectivity index (χ3v) is 2.72. The normalized spacial score (nSPS) is 10.9. The summed E-state index contributed by atoms with van der Waals surface area (Å²) in [5.41, 5.74) is 1.77. The van der Waals surface area contributed by atoms with E-state index in [1.54, 1.807) is 29.2 Å². The van der Waals surface area contributed by atoms with E-state index in [0.29, 0.717) is 17.2 Å². The molecule has 0 N–H and O–H groups in total. The van der Waals surface area contributed by atoms with Crippen molar-refractivity contribution < 1.29 is 0 Å². The molecule has 0 bridgehead atoms. The van der Waals surface area contributed by atoms with Crippen LogP contribution in [0.1, 0.15) is 11.4 Å². The van der Waals surface area contributed by atoms with E-state index in [-0.39, 0.29) is 0 Å². The number of aromatic nitrogens is 5. The summed E-state index contributed by atoms with van der Waals surface area (Å²) in [4.78, 5) is 7.94. The van der Waals surface area contributed by atoms with Gasteiger partial charge in [-0.1, -0.05) is 11.6 Å². The van der Waals surface area contributed by atoms with Gasteiger partial charge in [0.2, 0.25) is 0 Å². The summed E-state index contributed by atoms with van der Waals surface area (Å²) in [5.74, 6) is 0.790.